The molecule has 2 rings (SSSR count). The summed E-state index contributed by atoms with van der Waals surface area (Å²) in [5, 5.41) is 0. The van der Waals surface area contributed by atoms with E-state index >= 15 is 0 Å². The number of carbonyl (C=O) groups is 1. The van der Waals surface area contributed by atoms with Gasteiger partial charge < -0.3 is 4.74 Å². The molecule has 0 atom stereocenters. The van der Waals surface area contributed by atoms with Crippen LogP contribution in [0.15, 0.2) is 42.5 Å². The molecule has 0 saturated heterocycles. The Morgan fingerprint density at radius 3 is 2.29 bits per heavy atom. The first-order valence-corrected chi connectivity index (χ1v) is 5.93. The molecule has 0 spiro atoms. The molecule has 0 bridgehead atoms. The summed E-state index contributed by atoms with van der Waals surface area (Å²) in [6.07, 6.45) is -4.60. The maximum Gasteiger partial charge on any atom is 0.419 e. The lowest BCUT2D eigenvalue weighted by atomic mass is 10.1. The molecule has 0 heterocycles. The summed E-state index contributed by atoms with van der Waals surface area (Å²) < 4.78 is 57.2. The lowest BCUT2D eigenvalue weighted by Crippen LogP contribution is -2.07. The number of benzene rings is 2. The second kappa shape index (κ2) is 5.55. The minimum atomic E-state index is -4.60. The average Bonchev–Trinajstić information content (AvgIpc) is 2.40. The summed E-state index contributed by atoms with van der Waals surface area (Å²) in [7, 11) is 0. The molecule has 0 saturated carbocycles. The molecule has 2 aromatic rings. The predicted molar refractivity (Wildman–Crippen MR) is 67.9 cm³/mol. The quantitative estimate of drug-likeness (QED) is 0.598. The van der Waals surface area contributed by atoms with Crippen LogP contribution >= 0.6 is 0 Å². The molecule has 6 heteroatoms. The van der Waals surface area contributed by atoms with E-state index in [9.17, 15) is 22.4 Å². The number of hydrogen-bond acceptors (Lipinski definition) is 2. The number of rotatable bonds is 3. The van der Waals surface area contributed by atoms with Crippen LogP contribution in [-0.2, 0) is 6.18 Å². The molecule has 0 fully saturated rings. The summed E-state index contributed by atoms with van der Waals surface area (Å²) in [6.45, 7) is 1.26. The largest absolute Gasteiger partial charge is 0.454 e. The summed E-state index contributed by atoms with van der Waals surface area (Å²) in [5.74, 6) is -2.13. The van der Waals surface area contributed by atoms with Crippen LogP contribution in [0.4, 0.5) is 17.6 Å². The number of carbonyl (C=O) groups excluding carboxylic acids is 1. The standard InChI is InChI=1S/C15H10F4O2/c1-9(20)10-6-7-14(12(16)8-10)21-13-5-3-2-4-11(13)15(17,18)19/h2-8H,1H3. The van der Waals surface area contributed by atoms with Crippen LogP contribution in [0.5, 0.6) is 11.5 Å². The van der Waals surface area contributed by atoms with Gasteiger partial charge in [-0.3, -0.25) is 4.79 Å². The first-order chi connectivity index (χ1) is 9.79. The molecule has 0 aliphatic heterocycles. The van der Waals surface area contributed by atoms with E-state index in [0.717, 1.165) is 24.3 Å². The molecule has 0 aromatic heterocycles. The molecule has 2 nitrogen and oxygen atoms in total. The second-order valence-electron chi connectivity index (χ2n) is 4.30. The van der Waals surface area contributed by atoms with Crippen molar-refractivity contribution in [2.75, 3.05) is 0 Å². The first kappa shape index (κ1) is 15.0. The lowest BCUT2D eigenvalue weighted by Gasteiger charge is -2.14. The Bertz CT molecular complexity index is 678. The molecular weight excluding hydrogens is 288 g/mol. The van der Waals surface area contributed by atoms with Gasteiger partial charge >= 0.3 is 6.18 Å². The molecule has 110 valence electrons. The fourth-order valence-corrected chi connectivity index (χ4v) is 1.71. The summed E-state index contributed by atoms with van der Waals surface area (Å²) in [5.41, 5.74) is -0.885. The Morgan fingerprint density at radius 1 is 1.05 bits per heavy atom. The van der Waals surface area contributed by atoms with E-state index in [1.165, 1.54) is 25.1 Å². The molecule has 0 aliphatic carbocycles. The number of ketones is 1. The van der Waals surface area contributed by atoms with Gasteiger partial charge in [-0.1, -0.05) is 12.1 Å². The van der Waals surface area contributed by atoms with Crippen LogP contribution in [0.1, 0.15) is 22.8 Å². The van der Waals surface area contributed by atoms with Crippen molar-refractivity contribution in [1.82, 2.24) is 0 Å². The van der Waals surface area contributed by atoms with Gasteiger partial charge in [-0.05, 0) is 37.3 Å². The number of Topliss-reactive ketones (excluding diaryl/α,β-unsaturated/α-hetero) is 1. The highest BCUT2D eigenvalue weighted by molar-refractivity contribution is 5.94. The van der Waals surface area contributed by atoms with Gasteiger partial charge in [-0.25, -0.2) is 4.39 Å². The monoisotopic (exact) mass is 298 g/mol. The van der Waals surface area contributed by atoms with Crippen molar-refractivity contribution >= 4 is 5.78 Å². The minimum absolute atomic E-state index is 0.115. The highest BCUT2D eigenvalue weighted by Gasteiger charge is 2.34. The van der Waals surface area contributed by atoms with Crippen molar-refractivity contribution in [3.05, 3.63) is 59.4 Å². The van der Waals surface area contributed by atoms with Crippen molar-refractivity contribution in [2.45, 2.75) is 13.1 Å². The third-order valence-electron chi connectivity index (χ3n) is 2.75. The van der Waals surface area contributed by atoms with Crippen molar-refractivity contribution in [2.24, 2.45) is 0 Å². The Morgan fingerprint density at radius 2 is 1.71 bits per heavy atom. The fourth-order valence-electron chi connectivity index (χ4n) is 1.71. The maximum atomic E-state index is 13.8. The highest BCUT2D eigenvalue weighted by Crippen LogP contribution is 2.38. The highest BCUT2D eigenvalue weighted by atomic mass is 19.4. The van der Waals surface area contributed by atoms with Gasteiger partial charge in [0, 0.05) is 5.56 Å². The maximum absolute atomic E-state index is 13.8. The lowest BCUT2D eigenvalue weighted by molar-refractivity contribution is -0.138. The Hall–Kier alpha value is -2.37. The van der Waals surface area contributed by atoms with Gasteiger partial charge in [-0.15, -0.1) is 0 Å². The summed E-state index contributed by atoms with van der Waals surface area (Å²) >= 11 is 0. The van der Waals surface area contributed by atoms with E-state index in [0.29, 0.717) is 0 Å². The Labute approximate surface area is 118 Å². The zero-order valence-corrected chi connectivity index (χ0v) is 10.9. The van der Waals surface area contributed by atoms with Gasteiger partial charge in [0.1, 0.15) is 5.75 Å². The predicted octanol–water partition coefficient (Wildman–Crippen LogP) is 4.84. The van der Waals surface area contributed by atoms with Gasteiger partial charge in [0.2, 0.25) is 0 Å². The van der Waals surface area contributed by atoms with Crippen LogP contribution in [-0.4, -0.2) is 5.78 Å². The van der Waals surface area contributed by atoms with Crippen LogP contribution in [0.2, 0.25) is 0 Å². The topological polar surface area (TPSA) is 26.3 Å². The van der Waals surface area contributed by atoms with E-state index in [2.05, 4.69) is 0 Å². The minimum Gasteiger partial charge on any atom is -0.454 e. The zero-order chi connectivity index (χ0) is 15.6. The van der Waals surface area contributed by atoms with Crippen molar-refractivity contribution in [1.29, 1.82) is 0 Å². The van der Waals surface area contributed by atoms with Crippen LogP contribution in [0.25, 0.3) is 0 Å². The van der Waals surface area contributed by atoms with E-state index in [1.807, 2.05) is 0 Å². The van der Waals surface area contributed by atoms with Crippen LogP contribution in [0, 0.1) is 5.82 Å². The third kappa shape index (κ3) is 3.39. The number of para-hydroxylation sites is 1. The van der Waals surface area contributed by atoms with Gasteiger partial charge in [0.15, 0.2) is 17.3 Å². The van der Waals surface area contributed by atoms with E-state index in [1.54, 1.807) is 0 Å². The molecule has 0 radical (unpaired) electrons. The van der Waals surface area contributed by atoms with E-state index in [-0.39, 0.29) is 17.1 Å². The van der Waals surface area contributed by atoms with E-state index < -0.39 is 23.3 Å². The molecule has 2 aromatic carbocycles. The van der Waals surface area contributed by atoms with Gasteiger partial charge in [0.25, 0.3) is 0 Å². The molecule has 0 unspecified atom stereocenters. The molecule has 0 amide bonds. The fraction of sp³-hybridized carbons (Fsp3) is 0.133. The smallest absolute Gasteiger partial charge is 0.419 e. The normalized spacial score (nSPS) is 11.3. The zero-order valence-electron chi connectivity index (χ0n) is 10.9. The number of ether oxygens (including phenoxy) is 1. The van der Waals surface area contributed by atoms with Crippen LogP contribution in [0.3, 0.4) is 0 Å². The Balaban J connectivity index is 2.38. The molecule has 0 aliphatic rings. The van der Waals surface area contributed by atoms with Crippen molar-refractivity contribution < 1.29 is 27.1 Å². The third-order valence-corrected chi connectivity index (χ3v) is 2.75. The van der Waals surface area contributed by atoms with Crippen molar-refractivity contribution in [3.63, 3.8) is 0 Å². The molecular formula is C15H10F4O2. The molecule has 0 N–H and O–H groups in total. The average molecular weight is 298 g/mol. The summed E-state index contributed by atoms with van der Waals surface area (Å²) in [4.78, 5) is 11.1. The molecule has 21 heavy (non-hydrogen) atoms. The van der Waals surface area contributed by atoms with E-state index in [4.69, 9.17) is 4.74 Å². The van der Waals surface area contributed by atoms with Gasteiger partial charge in [-0.2, -0.15) is 13.2 Å². The SMILES string of the molecule is CC(=O)c1ccc(Oc2ccccc2C(F)(F)F)c(F)c1. The number of hydrogen-bond donors (Lipinski definition) is 0. The first-order valence-electron chi connectivity index (χ1n) is 5.93. The van der Waals surface area contributed by atoms with Gasteiger partial charge in [0.05, 0.1) is 5.56 Å². The van der Waals surface area contributed by atoms with Crippen LogP contribution < -0.4 is 4.74 Å². The second-order valence-corrected chi connectivity index (χ2v) is 4.30. The number of halogens is 4. The number of alkyl halides is 3. The Kier molecular flexibility index (Phi) is 3.97. The van der Waals surface area contributed by atoms with Crippen molar-refractivity contribution in [3.8, 4) is 11.5 Å². The summed E-state index contributed by atoms with van der Waals surface area (Å²) in [6, 6.07) is 7.85.